The van der Waals surface area contributed by atoms with Gasteiger partial charge >= 0.3 is 17.6 Å². The molecule has 0 saturated heterocycles. The maximum absolute atomic E-state index is 12.2. The first-order valence-corrected chi connectivity index (χ1v) is 8.46. The van der Waals surface area contributed by atoms with Crippen LogP contribution in [0.3, 0.4) is 0 Å². The zero-order valence-corrected chi connectivity index (χ0v) is 14.9. The van der Waals surface area contributed by atoms with Gasteiger partial charge in [0.25, 0.3) is 0 Å². The zero-order valence-electron chi connectivity index (χ0n) is 14.9. The molecule has 0 radical (unpaired) electrons. The Morgan fingerprint density at radius 3 is 2.31 bits per heavy atom. The van der Waals surface area contributed by atoms with Gasteiger partial charge in [-0.2, -0.15) is 0 Å². The number of carbonyl (C=O) groups excluding carboxylic acids is 2. The second-order valence-electron chi connectivity index (χ2n) is 5.35. The highest BCUT2D eigenvalue weighted by molar-refractivity contribution is 5.95. The van der Waals surface area contributed by atoms with Crippen LogP contribution in [0, 0.1) is 10.1 Å². The van der Waals surface area contributed by atoms with E-state index in [1.54, 1.807) is 0 Å². The number of carbonyl (C=O) groups is 2. The van der Waals surface area contributed by atoms with Crippen molar-refractivity contribution in [2.24, 2.45) is 0 Å². The van der Waals surface area contributed by atoms with E-state index in [2.05, 4.69) is 0 Å². The van der Waals surface area contributed by atoms with E-state index in [1.165, 1.54) is 24.3 Å². The summed E-state index contributed by atoms with van der Waals surface area (Å²) in [6, 6.07) is 5.54. The van der Waals surface area contributed by atoms with Gasteiger partial charge in [-0.15, -0.1) is 0 Å². The van der Waals surface area contributed by atoms with Crippen LogP contribution in [0.1, 0.15) is 39.5 Å². The molecule has 0 saturated carbocycles. The van der Waals surface area contributed by atoms with Crippen LogP contribution >= 0.6 is 0 Å². The summed E-state index contributed by atoms with van der Waals surface area (Å²) in [6.45, 7) is 4.23. The van der Waals surface area contributed by atoms with Crippen LogP contribution in [0.15, 0.2) is 36.1 Å². The minimum Gasteiger partial charge on any atom is -0.462 e. The topological polar surface area (TPSA) is 105 Å². The lowest BCUT2D eigenvalue weighted by molar-refractivity contribution is -0.385. The van der Waals surface area contributed by atoms with Crippen molar-refractivity contribution < 1.29 is 28.7 Å². The van der Waals surface area contributed by atoms with Crippen molar-refractivity contribution >= 4 is 17.6 Å². The summed E-state index contributed by atoms with van der Waals surface area (Å²) < 4.78 is 15.3. The summed E-state index contributed by atoms with van der Waals surface area (Å²) in [6.07, 6.45) is 3.83. The lowest BCUT2D eigenvalue weighted by atomic mass is 10.3. The van der Waals surface area contributed by atoms with Gasteiger partial charge in [-0.25, -0.2) is 9.59 Å². The molecule has 0 atom stereocenters. The van der Waals surface area contributed by atoms with E-state index in [0.717, 1.165) is 18.9 Å². The Morgan fingerprint density at radius 2 is 1.69 bits per heavy atom. The second kappa shape index (κ2) is 11.6. The number of rotatable bonds is 11. The molecular weight excluding hydrogens is 342 g/mol. The number of hydrogen-bond donors (Lipinski definition) is 0. The molecule has 26 heavy (non-hydrogen) atoms. The Bertz CT molecular complexity index is 655. The Balaban J connectivity index is 2.98. The number of ether oxygens (including phenoxy) is 3. The van der Waals surface area contributed by atoms with Gasteiger partial charge in [-0.05, 0) is 18.9 Å². The average Bonchev–Trinajstić information content (AvgIpc) is 2.61. The highest BCUT2D eigenvalue weighted by Gasteiger charge is 2.21. The van der Waals surface area contributed by atoms with Crippen molar-refractivity contribution in [2.75, 3.05) is 13.2 Å². The van der Waals surface area contributed by atoms with Crippen LogP contribution in [0.25, 0.3) is 0 Å². The van der Waals surface area contributed by atoms with E-state index in [0.29, 0.717) is 12.8 Å². The van der Waals surface area contributed by atoms with Crippen molar-refractivity contribution in [2.45, 2.75) is 39.5 Å². The zero-order chi connectivity index (χ0) is 19.4. The molecule has 0 heterocycles. The largest absolute Gasteiger partial charge is 0.462 e. The number of nitro benzene ring substituents is 1. The van der Waals surface area contributed by atoms with E-state index in [9.17, 15) is 19.7 Å². The van der Waals surface area contributed by atoms with E-state index in [-0.39, 0.29) is 24.7 Å². The number of hydrogen-bond acceptors (Lipinski definition) is 7. The van der Waals surface area contributed by atoms with Crippen LogP contribution in [0.2, 0.25) is 0 Å². The molecule has 0 aliphatic rings. The van der Waals surface area contributed by atoms with E-state index >= 15 is 0 Å². The van der Waals surface area contributed by atoms with Crippen LogP contribution < -0.4 is 4.74 Å². The average molecular weight is 365 g/mol. The molecule has 0 amide bonds. The van der Waals surface area contributed by atoms with Crippen LogP contribution in [-0.2, 0) is 19.1 Å². The smallest absolute Gasteiger partial charge is 0.374 e. The standard InChI is InChI=1S/C18H23NO7/c1-3-5-11-24-17(20)13-16(18(21)25-12-6-4-2)26-15-10-8-7-9-14(15)19(22)23/h7-10,13H,3-6,11-12H2,1-2H3. The van der Waals surface area contributed by atoms with Gasteiger partial charge in [0.2, 0.25) is 11.5 Å². The van der Waals surface area contributed by atoms with Gasteiger partial charge < -0.3 is 14.2 Å². The molecule has 0 aromatic heterocycles. The Kier molecular flexibility index (Phi) is 9.45. The molecule has 142 valence electrons. The normalized spacial score (nSPS) is 10.9. The number of nitrogens with zero attached hydrogens (tertiary/aromatic N) is 1. The monoisotopic (exact) mass is 365 g/mol. The minimum atomic E-state index is -0.885. The van der Waals surface area contributed by atoms with E-state index < -0.39 is 22.6 Å². The van der Waals surface area contributed by atoms with Gasteiger partial charge in [0.15, 0.2) is 0 Å². The molecule has 1 rings (SSSR count). The third kappa shape index (κ3) is 7.33. The van der Waals surface area contributed by atoms with Crippen molar-refractivity contribution in [1.82, 2.24) is 0 Å². The van der Waals surface area contributed by atoms with Gasteiger partial charge in [0.1, 0.15) is 0 Å². The molecule has 0 aliphatic heterocycles. The summed E-state index contributed by atoms with van der Waals surface area (Å²) in [5.74, 6) is -2.29. The highest BCUT2D eigenvalue weighted by Crippen LogP contribution is 2.27. The van der Waals surface area contributed by atoms with E-state index in [1.807, 2.05) is 13.8 Å². The lowest BCUT2D eigenvalue weighted by Crippen LogP contribution is -2.16. The molecule has 8 heteroatoms. The number of nitro groups is 1. The first kappa shape index (κ1) is 21.1. The van der Waals surface area contributed by atoms with Gasteiger partial charge in [0.05, 0.1) is 24.2 Å². The molecule has 1 aromatic rings. The SMILES string of the molecule is CCCCOC(=O)C=C(Oc1ccccc1[N+](=O)[O-])C(=O)OCCCC. The van der Waals surface area contributed by atoms with Crippen molar-refractivity contribution in [1.29, 1.82) is 0 Å². The fourth-order valence-corrected chi connectivity index (χ4v) is 1.79. The van der Waals surface area contributed by atoms with E-state index in [4.69, 9.17) is 14.2 Å². The van der Waals surface area contributed by atoms with Crippen molar-refractivity contribution in [3.8, 4) is 5.75 Å². The molecule has 0 bridgehead atoms. The molecule has 0 aliphatic carbocycles. The second-order valence-corrected chi connectivity index (χ2v) is 5.35. The predicted molar refractivity (Wildman–Crippen MR) is 93.5 cm³/mol. The summed E-state index contributed by atoms with van der Waals surface area (Å²) in [4.78, 5) is 34.5. The summed E-state index contributed by atoms with van der Waals surface area (Å²) in [5.41, 5.74) is -0.334. The fourth-order valence-electron chi connectivity index (χ4n) is 1.79. The minimum absolute atomic E-state index is 0.151. The van der Waals surface area contributed by atoms with Gasteiger partial charge in [-0.1, -0.05) is 38.8 Å². The Morgan fingerprint density at radius 1 is 1.08 bits per heavy atom. The summed E-state index contributed by atoms with van der Waals surface area (Å²) >= 11 is 0. The number of benzene rings is 1. The molecular formula is C18H23NO7. The lowest BCUT2D eigenvalue weighted by Gasteiger charge is -2.10. The summed E-state index contributed by atoms with van der Waals surface area (Å²) in [5, 5.41) is 11.1. The number of esters is 2. The first-order chi connectivity index (χ1) is 12.5. The van der Waals surface area contributed by atoms with Crippen LogP contribution in [-0.4, -0.2) is 30.1 Å². The molecule has 1 aromatic carbocycles. The molecule has 0 spiro atoms. The predicted octanol–water partition coefficient (Wildman–Crippen LogP) is 3.54. The number of unbranched alkanes of at least 4 members (excludes halogenated alkanes) is 2. The van der Waals surface area contributed by atoms with Crippen molar-refractivity contribution in [3.63, 3.8) is 0 Å². The van der Waals surface area contributed by atoms with Crippen molar-refractivity contribution in [3.05, 3.63) is 46.2 Å². The quantitative estimate of drug-likeness (QED) is 0.147. The summed E-state index contributed by atoms with van der Waals surface area (Å²) in [7, 11) is 0. The Hall–Kier alpha value is -2.90. The third-order valence-electron chi connectivity index (χ3n) is 3.21. The number of para-hydroxylation sites is 2. The third-order valence-corrected chi connectivity index (χ3v) is 3.21. The maximum Gasteiger partial charge on any atom is 0.374 e. The van der Waals surface area contributed by atoms with Gasteiger partial charge in [-0.3, -0.25) is 10.1 Å². The molecule has 0 fully saturated rings. The highest BCUT2D eigenvalue weighted by atomic mass is 16.6. The molecule has 8 nitrogen and oxygen atoms in total. The maximum atomic E-state index is 12.2. The molecule has 0 N–H and O–H groups in total. The van der Waals surface area contributed by atoms with Crippen LogP contribution in [0.5, 0.6) is 5.75 Å². The first-order valence-electron chi connectivity index (χ1n) is 8.46. The van der Waals surface area contributed by atoms with Gasteiger partial charge in [0, 0.05) is 6.07 Å². The Labute approximate surface area is 151 Å². The van der Waals surface area contributed by atoms with Crippen LogP contribution in [0.4, 0.5) is 5.69 Å². The molecule has 0 unspecified atom stereocenters. The fraction of sp³-hybridized carbons (Fsp3) is 0.444.